The van der Waals surface area contributed by atoms with Gasteiger partial charge in [0, 0.05) is 62.8 Å². The third kappa shape index (κ3) is 4.49. The molecule has 138 valence electrons. The lowest BCUT2D eigenvalue weighted by atomic mass is 9.95. The van der Waals surface area contributed by atoms with Crippen molar-refractivity contribution in [3.8, 4) is 0 Å². The fourth-order valence-corrected chi connectivity index (χ4v) is 4.97. The van der Waals surface area contributed by atoms with Crippen molar-refractivity contribution in [1.82, 2.24) is 14.5 Å². The van der Waals surface area contributed by atoms with Crippen molar-refractivity contribution >= 4 is 15.7 Å². The van der Waals surface area contributed by atoms with Crippen LogP contribution in [0.4, 0.5) is 0 Å². The van der Waals surface area contributed by atoms with E-state index in [0.717, 1.165) is 25.2 Å². The van der Waals surface area contributed by atoms with Crippen molar-refractivity contribution in [3.63, 3.8) is 0 Å². The molecule has 1 fully saturated rings. The zero-order valence-electron chi connectivity index (χ0n) is 14.5. The number of aromatic nitrogens is 2. The Kier molecular flexibility index (Phi) is 5.58. The molecule has 0 saturated carbocycles. The lowest BCUT2D eigenvalue weighted by Gasteiger charge is -2.32. The van der Waals surface area contributed by atoms with Gasteiger partial charge < -0.3 is 14.2 Å². The summed E-state index contributed by atoms with van der Waals surface area (Å²) in [6, 6.07) is 0. The number of carbonyl (C=O) groups excluding carboxylic acids is 1. The number of imidazole rings is 1. The van der Waals surface area contributed by atoms with E-state index in [1.165, 1.54) is 5.41 Å². The van der Waals surface area contributed by atoms with Crippen molar-refractivity contribution in [2.75, 3.05) is 32.6 Å². The van der Waals surface area contributed by atoms with Gasteiger partial charge in [-0.2, -0.15) is 0 Å². The van der Waals surface area contributed by atoms with Crippen LogP contribution in [-0.2, 0) is 25.9 Å². The Hall–Kier alpha value is -1.67. The number of sulfone groups is 1. The number of piperidine rings is 1. The minimum Gasteiger partial charge on any atom is -0.383 e. The third-order valence-corrected chi connectivity index (χ3v) is 6.40. The third-order valence-electron chi connectivity index (χ3n) is 4.94. The molecule has 2 aliphatic heterocycles. The number of likely N-dealkylation sites (tertiary alicyclic amines) is 1. The molecule has 1 saturated heterocycles. The standard InChI is InChI=1S/C17H25N3O4S/c1-24-10-9-20-8-5-18-17(20)15-2-6-19(7-3-15)16(21)12-14-4-11-25(22,23)13-14/h4-5,8,11,14-15H,2-3,6-7,9-10,12-13H2,1H3/t14-/m0/s1. The summed E-state index contributed by atoms with van der Waals surface area (Å²) >= 11 is 0. The molecular formula is C17H25N3O4S. The SMILES string of the molecule is COCCn1ccnc1C1CCN(C(=O)C[C@@H]2C=CS(=O)(=O)C2)CC1. The van der Waals surface area contributed by atoms with Crippen LogP contribution in [0.5, 0.6) is 0 Å². The van der Waals surface area contributed by atoms with Crippen LogP contribution in [0.25, 0.3) is 0 Å². The summed E-state index contributed by atoms with van der Waals surface area (Å²) in [5.74, 6) is 1.35. The molecular weight excluding hydrogens is 342 g/mol. The first-order valence-corrected chi connectivity index (χ1v) is 10.4. The molecule has 0 N–H and O–H groups in total. The molecule has 2 aliphatic rings. The quantitative estimate of drug-likeness (QED) is 0.754. The van der Waals surface area contributed by atoms with Crippen LogP contribution >= 0.6 is 0 Å². The van der Waals surface area contributed by atoms with Crippen molar-refractivity contribution in [3.05, 3.63) is 29.7 Å². The van der Waals surface area contributed by atoms with Crippen LogP contribution in [0.3, 0.4) is 0 Å². The predicted molar refractivity (Wildman–Crippen MR) is 93.7 cm³/mol. The van der Waals surface area contributed by atoms with Crippen LogP contribution in [0.15, 0.2) is 23.9 Å². The average molecular weight is 367 g/mol. The molecule has 0 radical (unpaired) electrons. The maximum Gasteiger partial charge on any atom is 0.223 e. The van der Waals surface area contributed by atoms with Gasteiger partial charge in [-0.25, -0.2) is 13.4 Å². The topological polar surface area (TPSA) is 81.5 Å². The molecule has 1 amide bonds. The van der Waals surface area contributed by atoms with E-state index in [2.05, 4.69) is 9.55 Å². The van der Waals surface area contributed by atoms with E-state index >= 15 is 0 Å². The van der Waals surface area contributed by atoms with Gasteiger partial charge in [0.2, 0.25) is 5.91 Å². The summed E-state index contributed by atoms with van der Waals surface area (Å²) in [7, 11) is -1.41. The van der Waals surface area contributed by atoms with Crippen LogP contribution < -0.4 is 0 Å². The highest BCUT2D eigenvalue weighted by molar-refractivity contribution is 7.94. The number of amides is 1. The molecule has 0 unspecified atom stereocenters. The summed E-state index contributed by atoms with van der Waals surface area (Å²) < 4.78 is 30.2. The number of methoxy groups -OCH3 is 1. The monoisotopic (exact) mass is 367 g/mol. The van der Waals surface area contributed by atoms with E-state index in [4.69, 9.17) is 4.74 Å². The molecule has 7 nitrogen and oxygen atoms in total. The van der Waals surface area contributed by atoms with Crippen LogP contribution in [0, 0.1) is 5.92 Å². The van der Waals surface area contributed by atoms with Gasteiger partial charge in [-0.05, 0) is 12.8 Å². The first-order valence-electron chi connectivity index (χ1n) is 8.67. The lowest BCUT2D eigenvalue weighted by Crippen LogP contribution is -2.39. The zero-order valence-corrected chi connectivity index (χ0v) is 15.3. The summed E-state index contributed by atoms with van der Waals surface area (Å²) in [6.07, 6.45) is 7.48. The lowest BCUT2D eigenvalue weighted by molar-refractivity contribution is -0.132. The van der Waals surface area contributed by atoms with Gasteiger partial charge in [-0.15, -0.1) is 0 Å². The average Bonchev–Trinajstić information content (AvgIpc) is 3.19. The number of hydrogen-bond acceptors (Lipinski definition) is 5. The molecule has 1 aromatic heterocycles. The smallest absolute Gasteiger partial charge is 0.223 e. The Bertz CT molecular complexity index is 733. The Morgan fingerprint density at radius 2 is 2.12 bits per heavy atom. The first kappa shape index (κ1) is 18.1. The van der Waals surface area contributed by atoms with Crippen molar-refractivity contribution in [1.29, 1.82) is 0 Å². The predicted octanol–water partition coefficient (Wildman–Crippen LogP) is 1.18. The molecule has 0 bridgehead atoms. The minimum atomic E-state index is -3.10. The van der Waals surface area contributed by atoms with Gasteiger partial charge in [0.15, 0.2) is 9.84 Å². The fraction of sp³-hybridized carbons (Fsp3) is 0.647. The van der Waals surface area contributed by atoms with Crippen LogP contribution in [-0.4, -0.2) is 61.3 Å². The number of hydrogen-bond donors (Lipinski definition) is 0. The molecule has 3 heterocycles. The van der Waals surface area contributed by atoms with E-state index in [1.54, 1.807) is 13.2 Å². The van der Waals surface area contributed by atoms with Gasteiger partial charge in [-0.3, -0.25) is 4.79 Å². The largest absolute Gasteiger partial charge is 0.383 e. The summed E-state index contributed by atoms with van der Waals surface area (Å²) in [5, 5.41) is 1.23. The molecule has 0 aromatic carbocycles. The van der Waals surface area contributed by atoms with Crippen molar-refractivity contribution in [2.24, 2.45) is 5.92 Å². The second-order valence-electron chi connectivity index (χ2n) is 6.75. The number of nitrogens with zero attached hydrogens (tertiary/aromatic N) is 3. The fourth-order valence-electron chi connectivity index (χ4n) is 3.57. The number of rotatable bonds is 6. The number of allylic oxidation sites excluding steroid dienone is 1. The van der Waals surface area contributed by atoms with E-state index in [1.807, 2.05) is 17.3 Å². The van der Waals surface area contributed by atoms with E-state index in [-0.39, 0.29) is 24.0 Å². The van der Waals surface area contributed by atoms with Crippen molar-refractivity contribution in [2.45, 2.75) is 31.7 Å². The van der Waals surface area contributed by atoms with Gasteiger partial charge in [0.1, 0.15) is 5.82 Å². The Morgan fingerprint density at radius 1 is 1.36 bits per heavy atom. The van der Waals surface area contributed by atoms with Gasteiger partial charge in [0.25, 0.3) is 0 Å². The second kappa shape index (κ2) is 7.70. The highest BCUT2D eigenvalue weighted by Crippen LogP contribution is 2.28. The van der Waals surface area contributed by atoms with Gasteiger partial charge in [0.05, 0.1) is 12.4 Å². The second-order valence-corrected chi connectivity index (χ2v) is 8.68. The first-order chi connectivity index (χ1) is 12.0. The molecule has 3 rings (SSSR count). The molecule has 1 atom stereocenters. The van der Waals surface area contributed by atoms with Crippen LogP contribution in [0.1, 0.15) is 31.0 Å². The molecule has 8 heteroatoms. The zero-order chi connectivity index (χ0) is 17.9. The van der Waals surface area contributed by atoms with E-state index in [0.29, 0.717) is 25.6 Å². The highest BCUT2D eigenvalue weighted by atomic mass is 32.2. The van der Waals surface area contributed by atoms with Gasteiger partial charge in [-0.1, -0.05) is 6.08 Å². The summed E-state index contributed by atoms with van der Waals surface area (Å²) in [5.41, 5.74) is 0. The maximum atomic E-state index is 12.4. The Labute approximate surface area is 148 Å². The molecule has 1 aromatic rings. The maximum absolute atomic E-state index is 12.4. The number of carbonyl (C=O) groups is 1. The number of ether oxygens (including phenoxy) is 1. The van der Waals surface area contributed by atoms with Gasteiger partial charge >= 0.3 is 0 Å². The normalized spacial score (nSPS) is 23.2. The highest BCUT2D eigenvalue weighted by Gasteiger charge is 2.29. The Balaban J connectivity index is 1.51. The minimum absolute atomic E-state index is 0.0490. The van der Waals surface area contributed by atoms with E-state index in [9.17, 15) is 13.2 Å². The van der Waals surface area contributed by atoms with E-state index < -0.39 is 9.84 Å². The molecule has 0 spiro atoms. The van der Waals surface area contributed by atoms with Crippen molar-refractivity contribution < 1.29 is 17.9 Å². The Morgan fingerprint density at radius 3 is 2.76 bits per heavy atom. The molecule has 25 heavy (non-hydrogen) atoms. The molecule has 0 aliphatic carbocycles. The van der Waals surface area contributed by atoms with Crippen LogP contribution in [0.2, 0.25) is 0 Å². The summed E-state index contributed by atoms with van der Waals surface area (Å²) in [4.78, 5) is 18.8. The summed E-state index contributed by atoms with van der Waals surface area (Å²) in [6.45, 7) is 2.83.